The lowest BCUT2D eigenvalue weighted by molar-refractivity contribution is 0.144. The van der Waals surface area contributed by atoms with Crippen molar-refractivity contribution in [2.24, 2.45) is 0 Å². The Hall–Kier alpha value is -1.61. The van der Waals surface area contributed by atoms with Crippen molar-refractivity contribution in [1.29, 1.82) is 0 Å². The highest BCUT2D eigenvalue weighted by molar-refractivity contribution is 7.94. The van der Waals surface area contributed by atoms with Crippen molar-refractivity contribution in [3.05, 3.63) is 41.8 Å². The van der Waals surface area contributed by atoms with Gasteiger partial charge in [-0.3, -0.25) is 9.62 Å². The lowest BCUT2D eigenvalue weighted by atomic mass is 10.2. The summed E-state index contributed by atoms with van der Waals surface area (Å²) in [5.74, 6) is 0. The number of ether oxygens (including phenoxy) is 1. The molecule has 0 aliphatic carbocycles. The van der Waals surface area contributed by atoms with Gasteiger partial charge in [0.15, 0.2) is 0 Å². The van der Waals surface area contributed by atoms with E-state index in [0.29, 0.717) is 9.90 Å². The van der Waals surface area contributed by atoms with Crippen LogP contribution in [0.25, 0.3) is 0 Å². The molecular formula is C17H23N3O3S2. The Labute approximate surface area is 153 Å². The molecule has 25 heavy (non-hydrogen) atoms. The molecular weight excluding hydrogens is 358 g/mol. The van der Waals surface area contributed by atoms with Crippen molar-refractivity contribution >= 4 is 32.7 Å². The Morgan fingerprint density at radius 3 is 2.44 bits per heavy atom. The monoisotopic (exact) mass is 381 g/mol. The van der Waals surface area contributed by atoms with Gasteiger partial charge in [0.05, 0.1) is 6.61 Å². The Morgan fingerprint density at radius 1 is 1.12 bits per heavy atom. The van der Waals surface area contributed by atoms with E-state index in [4.69, 9.17) is 4.74 Å². The number of rotatable bonds is 7. The van der Waals surface area contributed by atoms with E-state index >= 15 is 0 Å². The molecule has 3 rings (SSSR count). The summed E-state index contributed by atoms with van der Waals surface area (Å²) in [5, 5.41) is 1.75. The molecule has 1 saturated heterocycles. The number of piperazine rings is 1. The minimum Gasteiger partial charge on any atom is -0.383 e. The number of sulfonamides is 1. The Balaban J connectivity index is 1.58. The molecule has 0 unspecified atom stereocenters. The summed E-state index contributed by atoms with van der Waals surface area (Å²) in [6.07, 6.45) is 0. The van der Waals surface area contributed by atoms with Crippen molar-refractivity contribution in [3.8, 4) is 0 Å². The number of nitrogens with zero attached hydrogens (tertiary/aromatic N) is 2. The molecule has 1 aliphatic rings. The second-order valence-corrected chi connectivity index (χ2v) is 8.76. The largest absolute Gasteiger partial charge is 0.383 e. The fourth-order valence-electron chi connectivity index (χ4n) is 2.81. The first kappa shape index (κ1) is 18.2. The quantitative estimate of drug-likeness (QED) is 0.798. The lowest BCUT2D eigenvalue weighted by Gasteiger charge is -2.36. The third-order valence-corrected chi connectivity index (χ3v) is 7.01. The summed E-state index contributed by atoms with van der Waals surface area (Å²) in [5.41, 5.74) is 1.70. The van der Waals surface area contributed by atoms with Crippen LogP contribution in [0.4, 0.5) is 11.4 Å². The second-order valence-electron chi connectivity index (χ2n) is 5.91. The van der Waals surface area contributed by atoms with Gasteiger partial charge in [-0.25, -0.2) is 8.42 Å². The average Bonchev–Trinajstić information content (AvgIpc) is 3.17. The zero-order valence-corrected chi connectivity index (χ0v) is 15.9. The van der Waals surface area contributed by atoms with Gasteiger partial charge >= 0.3 is 0 Å². The van der Waals surface area contributed by atoms with Crippen molar-refractivity contribution < 1.29 is 13.2 Å². The van der Waals surface area contributed by atoms with Gasteiger partial charge in [0.1, 0.15) is 4.21 Å². The van der Waals surface area contributed by atoms with Crippen molar-refractivity contribution in [2.45, 2.75) is 4.21 Å². The highest BCUT2D eigenvalue weighted by atomic mass is 32.2. The molecule has 1 aromatic carbocycles. The summed E-state index contributed by atoms with van der Waals surface area (Å²) in [6, 6.07) is 10.9. The maximum absolute atomic E-state index is 12.2. The zero-order chi connectivity index (χ0) is 17.7. The number of benzene rings is 1. The molecule has 1 aromatic heterocycles. The van der Waals surface area contributed by atoms with Crippen LogP contribution in [0.15, 0.2) is 46.0 Å². The fourth-order valence-corrected chi connectivity index (χ4v) is 4.86. The van der Waals surface area contributed by atoms with Crippen LogP contribution < -0.4 is 9.62 Å². The van der Waals surface area contributed by atoms with Gasteiger partial charge in [0.25, 0.3) is 10.0 Å². The molecule has 1 fully saturated rings. The Kier molecular flexibility index (Phi) is 5.95. The maximum atomic E-state index is 12.2. The van der Waals surface area contributed by atoms with Crippen molar-refractivity contribution in [3.63, 3.8) is 0 Å². The minimum absolute atomic E-state index is 0.323. The van der Waals surface area contributed by atoms with Crippen LogP contribution in [0.2, 0.25) is 0 Å². The van der Waals surface area contributed by atoms with E-state index in [1.807, 2.05) is 24.3 Å². The first-order valence-corrected chi connectivity index (χ1v) is 10.6. The van der Waals surface area contributed by atoms with E-state index in [1.54, 1.807) is 24.6 Å². The number of anilines is 2. The number of thiophene rings is 1. The number of hydrogen-bond donors (Lipinski definition) is 1. The average molecular weight is 382 g/mol. The summed E-state index contributed by atoms with van der Waals surface area (Å²) in [6.45, 7) is 5.67. The lowest BCUT2D eigenvalue weighted by Crippen LogP contribution is -2.47. The topological polar surface area (TPSA) is 61.9 Å². The molecule has 8 heteroatoms. The molecule has 1 N–H and O–H groups in total. The summed E-state index contributed by atoms with van der Waals surface area (Å²) >= 11 is 1.21. The van der Waals surface area contributed by atoms with E-state index in [2.05, 4.69) is 14.5 Å². The molecule has 0 amide bonds. The first-order valence-electron chi connectivity index (χ1n) is 8.21. The third-order valence-electron chi connectivity index (χ3n) is 4.23. The molecule has 1 aliphatic heterocycles. The third kappa shape index (κ3) is 4.72. The number of methoxy groups -OCH3 is 1. The molecule has 2 aromatic rings. The van der Waals surface area contributed by atoms with E-state index in [0.717, 1.165) is 45.0 Å². The van der Waals surface area contributed by atoms with Crippen LogP contribution >= 0.6 is 11.3 Å². The van der Waals surface area contributed by atoms with Crippen molar-refractivity contribution in [2.75, 3.05) is 56.1 Å². The van der Waals surface area contributed by atoms with E-state index in [-0.39, 0.29) is 0 Å². The number of hydrogen-bond acceptors (Lipinski definition) is 6. The normalized spacial score (nSPS) is 16.1. The van der Waals surface area contributed by atoms with Crippen molar-refractivity contribution in [1.82, 2.24) is 4.90 Å². The van der Waals surface area contributed by atoms with Gasteiger partial charge in [-0.05, 0) is 35.7 Å². The SMILES string of the molecule is COCCN1CCN(c2ccc(NS(=O)(=O)c3cccs3)cc2)CC1. The van der Waals surface area contributed by atoms with Crippen LogP contribution in [0.1, 0.15) is 0 Å². The highest BCUT2D eigenvalue weighted by Crippen LogP contribution is 2.23. The molecule has 6 nitrogen and oxygen atoms in total. The second kappa shape index (κ2) is 8.18. The van der Waals surface area contributed by atoms with Gasteiger partial charge in [-0.1, -0.05) is 6.07 Å². The predicted octanol–water partition coefficient (Wildman–Crippen LogP) is 2.32. The van der Waals surface area contributed by atoms with Gasteiger partial charge in [-0.15, -0.1) is 11.3 Å². The molecule has 0 spiro atoms. The van der Waals surface area contributed by atoms with Crippen LogP contribution in [-0.2, 0) is 14.8 Å². The standard InChI is InChI=1S/C17H23N3O3S2/c1-23-13-12-19-8-10-20(11-9-19)16-6-4-15(5-7-16)18-25(21,22)17-3-2-14-24-17/h2-7,14,18H,8-13H2,1H3. The van der Waals surface area contributed by atoms with E-state index < -0.39 is 10.0 Å². The molecule has 0 bridgehead atoms. The van der Waals surface area contributed by atoms with Gasteiger partial charge in [-0.2, -0.15) is 0 Å². The Morgan fingerprint density at radius 2 is 1.84 bits per heavy atom. The van der Waals surface area contributed by atoms with Gasteiger partial charge in [0, 0.05) is 51.2 Å². The number of nitrogens with one attached hydrogen (secondary N) is 1. The van der Waals surface area contributed by atoms with Crippen LogP contribution in [0.3, 0.4) is 0 Å². The molecule has 0 radical (unpaired) electrons. The maximum Gasteiger partial charge on any atom is 0.271 e. The van der Waals surface area contributed by atoms with E-state index in [1.165, 1.54) is 11.3 Å². The summed E-state index contributed by atoms with van der Waals surface area (Å²) < 4.78 is 32.6. The molecule has 2 heterocycles. The van der Waals surface area contributed by atoms with Crippen LogP contribution in [0, 0.1) is 0 Å². The highest BCUT2D eigenvalue weighted by Gasteiger charge is 2.18. The van der Waals surface area contributed by atoms with Crippen LogP contribution in [-0.4, -0.2) is 59.8 Å². The summed E-state index contributed by atoms with van der Waals surface area (Å²) in [7, 11) is -1.76. The first-order chi connectivity index (χ1) is 12.1. The van der Waals surface area contributed by atoms with E-state index in [9.17, 15) is 8.42 Å². The van der Waals surface area contributed by atoms with Gasteiger partial charge < -0.3 is 9.64 Å². The minimum atomic E-state index is -3.49. The molecule has 0 saturated carbocycles. The summed E-state index contributed by atoms with van der Waals surface area (Å²) in [4.78, 5) is 4.71. The van der Waals surface area contributed by atoms with Crippen LogP contribution in [0.5, 0.6) is 0 Å². The fraction of sp³-hybridized carbons (Fsp3) is 0.412. The smallest absolute Gasteiger partial charge is 0.271 e. The Bertz CT molecular complexity index is 753. The molecule has 136 valence electrons. The molecule has 0 atom stereocenters. The predicted molar refractivity (Wildman–Crippen MR) is 102 cm³/mol. The van der Waals surface area contributed by atoms with Gasteiger partial charge in [0.2, 0.25) is 0 Å². The zero-order valence-electron chi connectivity index (χ0n) is 14.2.